The molecule has 0 spiro atoms. The summed E-state index contributed by atoms with van der Waals surface area (Å²) in [6.45, 7) is 67.6. The van der Waals surface area contributed by atoms with Crippen LogP contribution in [0.3, 0.4) is 0 Å². The minimum atomic E-state index is -0.173. The maximum absolute atomic E-state index is 12.0. The fraction of sp³-hybridized carbons (Fsp3) is 0.775. The molecule has 1 fully saturated rings. The number of nitrogens with zero attached hydrogens (tertiary/aromatic N) is 3. The van der Waals surface area contributed by atoms with Crippen molar-refractivity contribution < 1.29 is 38.4 Å². The summed E-state index contributed by atoms with van der Waals surface area (Å²) in [5, 5.41) is 3.19. The van der Waals surface area contributed by atoms with E-state index in [1.54, 1.807) is 13.8 Å². The molecule has 2 aliphatic carbocycles. The number of ketones is 8. The van der Waals surface area contributed by atoms with Crippen LogP contribution in [0, 0.1) is 78.8 Å². The van der Waals surface area contributed by atoms with Crippen LogP contribution >= 0.6 is 0 Å². The summed E-state index contributed by atoms with van der Waals surface area (Å²) < 4.78 is 0. The maximum Gasteiger partial charge on any atom is 0.158 e. The van der Waals surface area contributed by atoms with Crippen molar-refractivity contribution in [2.75, 3.05) is 6.54 Å². The molecule has 474 valence electrons. The molecule has 3 unspecified atom stereocenters. The predicted molar refractivity (Wildman–Crippen MR) is 349 cm³/mol. The van der Waals surface area contributed by atoms with Crippen molar-refractivity contribution >= 4 is 46.3 Å². The van der Waals surface area contributed by atoms with Gasteiger partial charge in [0.1, 0.15) is 34.7 Å². The van der Waals surface area contributed by atoms with Gasteiger partial charge in [0.15, 0.2) is 11.6 Å². The number of fused-ring (bicyclic) bond motifs is 2. The van der Waals surface area contributed by atoms with Crippen LogP contribution in [0.4, 0.5) is 0 Å². The van der Waals surface area contributed by atoms with Gasteiger partial charge < -0.3 is 4.79 Å². The van der Waals surface area contributed by atoms with Gasteiger partial charge in [-0.15, -0.1) is 6.42 Å². The Kier molecular flexibility index (Phi) is 43.1. The zero-order valence-electron chi connectivity index (χ0n) is 58.8. The molecule has 82 heavy (non-hydrogen) atoms. The molecule has 0 aromatic rings. The average molecular weight is 1150 g/mol. The third kappa shape index (κ3) is 69.7. The lowest BCUT2D eigenvalue weighted by Crippen LogP contribution is -2.25. The van der Waals surface area contributed by atoms with E-state index in [-0.39, 0.29) is 90.6 Å². The molecule has 2 rings (SSSR count). The number of terminal acetylenes is 1. The number of carbonyl (C=O) groups excluding carboxylic acids is 8. The molecule has 0 amide bonds. The van der Waals surface area contributed by atoms with Gasteiger partial charge in [0.05, 0.1) is 13.0 Å². The molecule has 1 saturated carbocycles. The van der Waals surface area contributed by atoms with Crippen LogP contribution in [0.25, 0.3) is 10.4 Å². The monoisotopic (exact) mass is 1150 g/mol. The molecule has 0 saturated heterocycles. The number of rotatable bonds is 15. The smallest absolute Gasteiger partial charge is 0.158 e. The second kappa shape index (κ2) is 39.9. The van der Waals surface area contributed by atoms with Gasteiger partial charge in [-0.25, -0.2) is 0 Å². The van der Waals surface area contributed by atoms with E-state index in [1.807, 2.05) is 111 Å². The molecule has 11 nitrogen and oxygen atoms in total. The minimum absolute atomic E-state index is 0.00435. The molecule has 0 heterocycles. The van der Waals surface area contributed by atoms with Gasteiger partial charge in [-0.1, -0.05) is 230 Å². The Labute approximate surface area is 505 Å². The lowest BCUT2D eigenvalue weighted by molar-refractivity contribution is -0.128. The van der Waals surface area contributed by atoms with Crippen LogP contribution in [0.1, 0.15) is 285 Å². The second-order valence-electron chi connectivity index (χ2n) is 33.2. The number of hydrogen-bond donors (Lipinski definition) is 0. The van der Waals surface area contributed by atoms with E-state index in [1.165, 1.54) is 12.5 Å². The molecule has 0 aromatic carbocycles. The Morgan fingerprint density at radius 3 is 1.13 bits per heavy atom. The molecule has 0 aliphatic heterocycles. The average Bonchev–Trinajstić information content (AvgIpc) is 3.84. The molecule has 0 N–H and O–H groups in total. The van der Waals surface area contributed by atoms with Crippen molar-refractivity contribution in [2.45, 2.75) is 285 Å². The number of allylic oxidation sites excluding steroid dienone is 4. The van der Waals surface area contributed by atoms with Gasteiger partial charge in [-0.3, -0.25) is 33.6 Å². The Bertz CT molecular complexity index is 2110. The van der Waals surface area contributed by atoms with Crippen molar-refractivity contribution in [1.29, 1.82) is 0 Å². The third-order valence-electron chi connectivity index (χ3n) is 11.0. The molecule has 3 atom stereocenters. The second-order valence-corrected chi connectivity index (χ2v) is 33.2. The largest absolute Gasteiger partial charge is 0.300 e. The summed E-state index contributed by atoms with van der Waals surface area (Å²) >= 11 is 0. The van der Waals surface area contributed by atoms with E-state index in [4.69, 9.17) is 12.0 Å². The van der Waals surface area contributed by atoms with Crippen LogP contribution in [0.5, 0.6) is 0 Å². The van der Waals surface area contributed by atoms with E-state index in [2.05, 4.69) is 124 Å². The standard InChI is InChI=1S/C13H20O.C10H20O.C9H16O.C9H14O.C8H16O.C8H14O.C7H13N3O.C7H14O/c1-13(2,3)8-12(14)11-7-9-4-5-10(11)6-9;1-9(2,3)7-8(11)10(4,5)6;1-7(2)8(10)6-9(3,4)5;1-5-6-8(10)7-9(2,3)4;2*1-5-7(9)6-8(2,3)4;1-7(2,3)4-6(11)5-9-10-8;1-6(8)5-7(2,3)4/h4-5,9-11H,6-8H2,1-3H3;7H2,1-6H3;1,6H2,2-5H3;1H,6-7H2,2-4H3;5-6H2,1-4H3;5H,1,6H2,2-4H3;4-5H2,1-3H3;5H2,1-4H3. The number of hydrogen-bond acceptors (Lipinski definition) is 9. The van der Waals surface area contributed by atoms with Gasteiger partial charge in [-0.05, 0) is 99.0 Å². The summed E-state index contributed by atoms with van der Waals surface area (Å²) in [5.41, 5.74) is 9.30. The Hall–Kier alpha value is -4.55. The Morgan fingerprint density at radius 1 is 0.549 bits per heavy atom. The van der Waals surface area contributed by atoms with Crippen molar-refractivity contribution in [2.24, 2.45) is 71.6 Å². The minimum Gasteiger partial charge on any atom is -0.300 e. The maximum atomic E-state index is 12.0. The van der Waals surface area contributed by atoms with Gasteiger partial charge >= 0.3 is 0 Å². The van der Waals surface area contributed by atoms with Gasteiger partial charge in [0.2, 0.25) is 0 Å². The van der Waals surface area contributed by atoms with E-state index in [9.17, 15) is 38.4 Å². The van der Waals surface area contributed by atoms with Gasteiger partial charge in [0.25, 0.3) is 0 Å². The fourth-order valence-corrected chi connectivity index (χ4v) is 7.77. The Morgan fingerprint density at radius 2 is 0.927 bits per heavy atom. The summed E-state index contributed by atoms with van der Waals surface area (Å²) in [6, 6.07) is 0. The third-order valence-corrected chi connectivity index (χ3v) is 11.0. The lowest BCUT2D eigenvalue weighted by Gasteiger charge is -2.23. The fourth-order valence-electron chi connectivity index (χ4n) is 7.77. The summed E-state index contributed by atoms with van der Waals surface area (Å²) in [4.78, 5) is 90.9. The first kappa shape index (κ1) is 88.7. The number of azide groups is 1. The van der Waals surface area contributed by atoms with E-state index in [0.717, 1.165) is 12.8 Å². The van der Waals surface area contributed by atoms with E-state index in [0.29, 0.717) is 92.0 Å². The zero-order chi connectivity index (χ0) is 66.9. The van der Waals surface area contributed by atoms with Crippen molar-refractivity contribution in [3.05, 3.63) is 47.4 Å². The quantitative estimate of drug-likeness (QED) is 0.0387. The van der Waals surface area contributed by atoms with Crippen molar-refractivity contribution in [1.82, 2.24) is 0 Å². The highest BCUT2D eigenvalue weighted by atomic mass is 16.2. The molecule has 11 heteroatoms. The predicted octanol–water partition coefficient (Wildman–Crippen LogP) is 19.7. The van der Waals surface area contributed by atoms with Crippen molar-refractivity contribution in [3.8, 4) is 12.3 Å². The van der Waals surface area contributed by atoms with Crippen LogP contribution in [-0.2, 0) is 38.4 Å². The van der Waals surface area contributed by atoms with Gasteiger partial charge in [-0.2, -0.15) is 0 Å². The van der Waals surface area contributed by atoms with Crippen LogP contribution < -0.4 is 0 Å². The molecule has 0 radical (unpaired) electrons. The normalized spacial score (nSPS) is 15.5. The van der Waals surface area contributed by atoms with E-state index < -0.39 is 0 Å². The molecule has 2 aliphatic rings. The van der Waals surface area contributed by atoms with Crippen LogP contribution in [-0.4, -0.2) is 52.8 Å². The highest BCUT2D eigenvalue weighted by Crippen LogP contribution is 2.45. The highest BCUT2D eigenvalue weighted by Gasteiger charge is 2.40. The number of carbonyl (C=O) groups is 8. The number of Topliss-reactive ketones (excluding diaryl/α,β-unsaturated/α-hetero) is 7. The summed E-state index contributed by atoms with van der Waals surface area (Å²) in [5.74, 6) is 5.93. The zero-order valence-corrected chi connectivity index (χ0v) is 58.8. The van der Waals surface area contributed by atoms with Crippen LogP contribution in [0.2, 0.25) is 0 Å². The van der Waals surface area contributed by atoms with E-state index >= 15 is 0 Å². The first-order chi connectivity index (χ1) is 36.1. The SMILES string of the molecule is C#CCC(=O)CC(C)(C)C.C=C(C)C(=O)CC(C)(C)C.C=CC(=O)CC(C)(C)C.CC(=O)CC(C)(C)C.CC(C)(C)CC(=O)C(C)(C)C.CC(C)(C)CC(=O)C1CC2C=CC1C2.CC(C)(C)CC(=O)CN=[N+]=[N-].CCC(=O)CC(C)(C)C. The van der Waals surface area contributed by atoms with Crippen LogP contribution in [0.15, 0.2) is 42.1 Å². The van der Waals surface area contributed by atoms with Gasteiger partial charge in [0, 0.05) is 74.0 Å². The first-order valence-corrected chi connectivity index (χ1v) is 29.7. The summed E-state index contributed by atoms with van der Waals surface area (Å²) in [6.07, 6.45) is 19.3. The molecule has 2 bridgehead atoms. The highest BCUT2D eigenvalue weighted by molar-refractivity contribution is 5.94. The molecule has 0 aromatic heterocycles. The summed E-state index contributed by atoms with van der Waals surface area (Å²) in [7, 11) is 0. The molecular weight excluding hydrogens is 1020 g/mol. The Balaban J connectivity index is -0.000000203. The lowest BCUT2D eigenvalue weighted by atomic mass is 9.80. The topological polar surface area (TPSA) is 185 Å². The molecular formula is C71H127N3O8. The first-order valence-electron chi connectivity index (χ1n) is 29.7. The van der Waals surface area contributed by atoms with Crippen molar-refractivity contribution in [3.63, 3.8) is 0 Å².